The Morgan fingerprint density at radius 3 is 2.50 bits per heavy atom. The monoisotopic (exact) mass is 255 g/mol. The van der Waals surface area contributed by atoms with Crippen LogP contribution in [0.25, 0.3) is 0 Å². The lowest BCUT2D eigenvalue weighted by molar-refractivity contribution is 0.251. The lowest BCUT2D eigenvalue weighted by Crippen LogP contribution is -2.34. The van der Waals surface area contributed by atoms with Crippen LogP contribution in [0.1, 0.15) is 33.6 Å². The van der Waals surface area contributed by atoms with E-state index in [4.69, 9.17) is 0 Å². The molecule has 0 saturated carbocycles. The Labute approximate surface area is 114 Å². The van der Waals surface area contributed by atoms with Crippen molar-refractivity contribution < 1.29 is 0 Å². The molecule has 1 aliphatic rings. The van der Waals surface area contributed by atoms with Gasteiger partial charge in [-0.25, -0.2) is 0 Å². The van der Waals surface area contributed by atoms with Crippen molar-refractivity contribution >= 4 is 0 Å². The second-order valence-corrected chi connectivity index (χ2v) is 6.57. The molecular formula is C15H33N3. The summed E-state index contributed by atoms with van der Waals surface area (Å²) in [6, 6.07) is 0.754. The summed E-state index contributed by atoms with van der Waals surface area (Å²) in [7, 11) is 4.42. The van der Waals surface area contributed by atoms with Crippen molar-refractivity contribution in [3.05, 3.63) is 0 Å². The summed E-state index contributed by atoms with van der Waals surface area (Å²) in [5, 5.41) is 3.52. The van der Waals surface area contributed by atoms with Crippen molar-refractivity contribution in [2.75, 3.05) is 46.8 Å². The van der Waals surface area contributed by atoms with Crippen molar-refractivity contribution in [2.24, 2.45) is 11.8 Å². The molecule has 1 rings (SSSR count). The zero-order valence-electron chi connectivity index (χ0n) is 13.1. The van der Waals surface area contributed by atoms with Gasteiger partial charge in [0.15, 0.2) is 0 Å². The van der Waals surface area contributed by atoms with Gasteiger partial charge in [0.2, 0.25) is 0 Å². The predicted octanol–water partition coefficient (Wildman–Crippen LogP) is 1.89. The van der Waals surface area contributed by atoms with E-state index in [0.29, 0.717) is 0 Å². The summed E-state index contributed by atoms with van der Waals surface area (Å²) < 4.78 is 0. The molecule has 1 heterocycles. The van der Waals surface area contributed by atoms with E-state index in [1.807, 2.05) is 0 Å². The molecule has 1 aliphatic heterocycles. The SMILES string of the molecule is CC(C)CNCCCCN1CC(C)C(N(C)C)C1. The third kappa shape index (κ3) is 5.68. The second-order valence-electron chi connectivity index (χ2n) is 6.57. The Hall–Kier alpha value is -0.120. The van der Waals surface area contributed by atoms with E-state index in [2.05, 4.69) is 50.0 Å². The molecule has 0 spiro atoms. The van der Waals surface area contributed by atoms with Crippen LogP contribution in [-0.2, 0) is 0 Å². The number of rotatable bonds is 8. The Balaban J connectivity index is 2.04. The van der Waals surface area contributed by atoms with E-state index in [9.17, 15) is 0 Å². The van der Waals surface area contributed by atoms with E-state index in [0.717, 1.165) is 24.4 Å². The van der Waals surface area contributed by atoms with Crippen LogP contribution < -0.4 is 5.32 Å². The van der Waals surface area contributed by atoms with Gasteiger partial charge in [-0.3, -0.25) is 0 Å². The molecule has 0 radical (unpaired) electrons. The molecule has 18 heavy (non-hydrogen) atoms. The van der Waals surface area contributed by atoms with Crippen LogP contribution in [0, 0.1) is 11.8 Å². The second kappa shape index (κ2) is 8.13. The van der Waals surface area contributed by atoms with Gasteiger partial charge < -0.3 is 15.1 Å². The van der Waals surface area contributed by atoms with Gasteiger partial charge in [0.25, 0.3) is 0 Å². The smallest absolute Gasteiger partial charge is 0.0254 e. The van der Waals surface area contributed by atoms with Crippen LogP contribution in [0.15, 0.2) is 0 Å². The minimum atomic E-state index is 0.754. The molecule has 1 saturated heterocycles. The Kier molecular flexibility index (Phi) is 7.20. The first kappa shape index (κ1) is 15.9. The number of hydrogen-bond acceptors (Lipinski definition) is 3. The van der Waals surface area contributed by atoms with Crippen molar-refractivity contribution in [2.45, 2.75) is 39.7 Å². The number of nitrogens with zero attached hydrogens (tertiary/aromatic N) is 2. The van der Waals surface area contributed by atoms with Gasteiger partial charge in [-0.1, -0.05) is 20.8 Å². The number of nitrogens with one attached hydrogen (secondary N) is 1. The number of hydrogen-bond donors (Lipinski definition) is 1. The maximum absolute atomic E-state index is 3.52. The zero-order valence-corrected chi connectivity index (χ0v) is 13.1. The van der Waals surface area contributed by atoms with E-state index in [-0.39, 0.29) is 0 Å². The van der Waals surface area contributed by atoms with Crippen LogP contribution in [0.3, 0.4) is 0 Å². The standard InChI is InChI=1S/C15H33N3/c1-13(2)10-16-8-6-7-9-18-11-14(3)15(12-18)17(4)5/h13-16H,6-12H2,1-5H3. The average molecular weight is 255 g/mol. The molecule has 108 valence electrons. The fourth-order valence-corrected chi connectivity index (χ4v) is 2.88. The molecule has 3 nitrogen and oxygen atoms in total. The molecule has 3 heteroatoms. The summed E-state index contributed by atoms with van der Waals surface area (Å²) in [5.74, 6) is 1.59. The molecule has 0 amide bonds. The summed E-state index contributed by atoms with van der Waals surface area (Å²) in [6.45, 7) is 13.1. The average Bonchev–Trinajstić information content (AvgIpc) is 2.64. The highest BCUT2D eigenvalue weighted by atomic mass is 15.2. The Morgan fingerprint density at radius 2 is 1.94 bits per heavy atom. The third-order valence-corrected chi connectivity index (χ3v) is 3.94. The molecule has 0 aliphatic carbocycles. The highest BCUT2D eigenvalue weighted by Gasteiger charge is 2.30. The zero-order chi connectivity index (χ0) is 13.5. The fraction of sp³-hybridized carbons (Fsp3) is 1.00. The molecule has 2 atom stereocenters. The van der Waals surface area contributed by atoms with Crippen LogP contribution >= 0.6 is 0 Å². The maximum Gasteiger partial charge on any atom is 0.0254 e. The van der Waals surface area contributed by atoms with Gasteiger partial charge in [0.1, 0.15) is 0 Å². The summed E-state index contributed by atoms with van der Waals surface area (Å²) in [5.41, 5.74) is 0. The highest BCUT2D eigenvalue weighted by molar-refractivity contribution is 4.86. The third-order valence-electron chi connectivity index (χ3n) is 3.94. The summed E-state index contributed by atoms with van der Waals surface area (Å²) in [6.07, 6.45) is 2.64. The number of unbranched alkanes of at least 4 members (excludes halogenated alkanes) is 1. The Morgan fingerprint density at radius 1 is 1.22 bits per heavy atom. The maximum atomic E-state index is 3.52. The van der Waals surface area contributed by atoms with Crippen LogP contribution in [0.4, 0.5) is 0 Å². The lowest BCUT2D eigenvalue weighted by Gasteiger charge is -2.22. The van der Waals surface area contributed by atoms with Crippen LogP contribution in [0.2, 0.25) is 0 Å². The van der Waals surface area contributed by atoms with Gasteiger partial charge in [-0.15, -0.1) is 0 Å². The molecular weight excluding hydrogens is 222 g/mol. The first-order valence-electron chi connectivity index (χ1n) is 7.60. The normalized spacial score (nSPS) is 25.5. The topological polar surface area (TPSA) is 18.5 Å². The molecule has 0 bridgehead atoms. The van der Waals surface area contributed by atoms with Crippen LogP contribution in [0.5, 0.6) is 0 Å². The van der Waals surface area contributed by atoms with Crippen molar-refractivity contribution in [3.63, 3.8) is 0 Å². The van der Waals surface area contributed by atoms with E-state index in [1.165, 1.54) is 39.0 Å². The number of likely N-dealkylation sites (tertiary alicyclic amines) is 1. The first-order valence-corrected chi connectivity index (χ1v) is 7.60. The Bertz CT molecular complexity index is 216. The fourth-order valence-electron chi connectivity index (χ4n) is 2.88. The molecule has 2 unspecified atom stereocenters. The largest absolute Gasteiger partial charge is 0.316 e. The highest BCUT2D eigenvalue weighted by Crippen LogP contribution is 2.19. The first-order chi connectivity index (χ1) is 8.50. The van der Waals surface area contributed by atoms with Crippen molar-refractivity contribution in [1.82, 2.24) is 15.1 Å². The summed E-state index contributed by atoms with van der Waals surface area (Å²) >= 11 is 0. The summed E-state index contributed by atoms with van der Waals surface area (Å²) in [4.78, 5) is 5.02. The predicted molar refractivity (Wildman–Crippen MR) is 80.0 cm³/mol. The van der Waals surface area contributed by atoms with E-state index in [1.54, 1.807) is 0 Å². The van der Waals surface area contributed by atoms with E-state index >= 15 is 0 Å². The molecule has 0 aromatic rings. The van der Waals surface area contributed by atoms with Gasteiger partial charge in [0.05, 0.1) is 0 Å². The molecule has 1 N–H and O–H groups in total. The minimum absolute atomic E-state index is 0.754. The van der Waals surface area contributed by atoms with Gasteiger partial charge in [-0.05, 0) is 58.4 Å². The van der Waals surface area contributed by atoms with Gasteiger partial charge in [0, 0.05) is 19.1 Å². The molecule has 1 fully saturated rings. The number of likely N-dealkylation sites (N-methyl/N-ethyl adjacent to an activating group) is 1. The van der Waals surface area contributed by atoms with Gasteiger partial charge in [-0.2, -0.15) is 0 Å². The van der Waals surface area contributed by atoms with Crippen LogP contribution in [-0.4, -0.2) is 62.7 Å². The van der Waals surface area contributed by atoms with E-state index < -0.39 is 0 Å². The molecule has 0 aromatic heterocycles. The quantitative estimate of drug-likeness (QED) is 0.668. The van der Waals surface area contributed by atoms with Crippen molar-refractivity contribution in [3.8, 4) is 0 Å². The lowest BCUT2D eigenvalue weighted by atomic mass is 10.1. The minimum Gasteiger partial charge on any atom is -0.316 e. The van der Waals surface area contributed by atoms with Crippen molar-refractivity contribution in [1.29, 1.82) is 0 Å². The van der Waals surface area contributed by atoms with Gasteiger partial charge >= 0.3 is 0 Å². The molecule has 0 aromatic carbocycles.